The second kappa shape index (κ2) is 5.05. The molecule has 0 aliphatic carbocycles. The van der Waals surface area contributed by atoms with E-state index in [0.29, 0.717) is 6.54 Å². The maximum atomic E-state index is 11.9. The van der Waals surface area contributed by atoms with Crippen LogP contribution in [0.15, 0.2) is 18.3 Å². The number of hydrogen-bond acceptors (Lipinski definition) is 4. The van der Waals surface area contributed by atoms with Gasteiger partial charge in [-0.1, -0.05) is 0 Å². The number of pyridine rings is 1. The van der Waals surface area contributed by atoms with Crippen LogP contribution in [-0.4, -0.2) is 46.4 Å². The van der Waals surface area contributed by atoms with Crippen LogP contribution in [0.4, 0.5) is 5.82 Å². The second-order valence-electron chi connectivity index (χ2n) is 4.40. The van der Waals surface area contributed by atoms with E-state index in [1.54, 1.807) is 7.05 Å². The minimum atomic E-state index is -1.08. The van der Waals surface area contributed by atoms with Crippen molar-refractivity contribution < 1.29 is 19.5 Å². The molecule has 1 unspecified atom stereocenters. The van der Waals surface area contributed by atoms with Gasteiger partial charge in [0.2, 0.25) is 11.8 Å². The number of carboxylic acids is 1. The van der Waals surface area contributed by atoms with Gasteiger partial charge in [0.05, 0.1) is 11.5 Å². The highest BCUT2D eigenvalue weighted by Gasteiger charge is 2.32. The molecule has 1 aliphatic heterocycles. The number of carboxylic acid groups (broad SMARTS) is 1. The number of anilines is 1. The number of nitrogens with one attached hydrogen (secondary N) is 1. The summed E-state index contributed by atoms with van der Waals surface area (Å²) in [6, 6.07) is 2.78. The van der Waals surface area contributed by atoms with Crippen molar-refractivity contribution in [3.8, 4) is 0 Å². The molecule has 2 N–H and O–H groups in total. The highest BCUT2D eigenvalue weighted by atomic mass is 16.4. The molecule has 0 saturated carbocycles. The normalized spacial score (nSPS) is 18.5. The molecule has 2 rings (SSSR count). The molecule has 7 nitrogen and oxygen atoms in total. The van der Waals surface area contributed by atoms with Gasteiger partial charge < -0.3 is 15.3 Å². The van der Waals surface area contributed by atoms with Crippen molar-refractivity contribution in [1.82, 2.24) is 9.88 Å². The van der Waals surface area contributed by atoms with E-state index in [4.69, 9.17) is 5.11 Å². The number of carbonyl (C=O) groups excluding carboxylic acids is 2. The first kappa shape index (κ1) is 13.0. The lowest BCUT2D eigenvalue weighted by atomic mass is 10.1. The first-order valence-electron chi connectivity index (χ1n) is 5.71. The monoisotopic (exact) mass is 263 g/mol. The lowest BCUT2D eigenvalue weighted by Gasteiger charge is -2.10. The molecule has 1 atom stereocenters. The molecule has 1 fully saturated rings. The summed E-state index contributed by atoms with van der Waals surface area (Å²) in [7, 11) is 1.65. The second-order valence-corrected chi connectivity index (χ2v) is 4.40. The molecule has 7 heteroatoms. The summed E-state index contributed by atoms with van der Waals surface area (Å²) in [5.74, 6) is -1.54. The fourth-order valence-corrected chi connectivity index (χ4v) is 1.86. The standard InChI is InChI=1S/C12H13N3O4/c1-15-6-8(4-10(15)16)11(17)14-9-3-2-7(5-13-9)12(18)19/h2-3,5,8H,4,6H2,1H3,(H,18,19)(H,13,14,17). The largest absolute Gasteiger partial charge is 0.478 e. The lowest BCUT2D eigenvalue weighted by molar-refractivity contribution is -0.127. The number of hydrogen-bond donors (Lipinski definition) is 2. The fraction of sp³-hybridized carbons (Fsp3) is 0.333. The third-order valence-electron chi connectivity index (χ3n) is 2.97. The molecule has 0 spiro atoms. The van der Waals surface area contributed by atoms with Gasteiger partial charge in [-0.15, -0.1) is 0 Å². The number of aromatic carboxylic acids is 1. The molecule has 19 heavy (non-hydrogen) atoms. The number of aromatic nitrogens is 1. The smallest absolute Gasteiger partial charge is 0.337 e. The molecule has 1 aliphatic rings. The third kappa shape index (κ3) is 2.87. The van der Waals surface area contributed by atoms with Crippen LogP contribution in [0.5, 0.6) is 0 Å². The Morgan fingerprint density at radius 1 is 1.47 bits per heavy atom. The van der Waals surface area contributed by atoms with Gasteiger partial charge in [-0.3, -0.25) is 9.59 Å². The van der Waals surface area contributed by atoms with Crippen LogP contribution in [0, 0.1) is 5.92 Å². The van der Waals surface area contributed by atoms with Gasteiger partial charge in [0.15, 0.2) is 0 Å². The Morgan fingerprint density at radius 3 is 2.68 bits per heavy atom. The van der Waals surface area contributed by atoms with Crippen LogP contribution >= 0.6 is 0 Å². The Labute approximate surface area is 109 Å². The summed E-state index contributed by atoms with van der Waals surface area (Å²) in [5.41, 5.74) is 0.0498. The average Bonchev–Trinajstić information content (AvgIpc) is 2.70. The van der Waals surface area contributed by atoms with E-state index in [1.807, 2.05) is 0 Å². The Hall–Kier alpha value is -2.44. The number of likely N-dealkylation sites (tertiary alicyclic amines) is 1. The fourth-order valence-electron chi connectivity index (χ4n) is 1.86. The molecular formula is C12H13N3O4. The molecule has 0 radical (unpaired) electrons. The molecule has 1 saturated heterocycles. The van der Waals surface area contributed by atoms with Gasteiger partial charge in [-0.2, -0.15) is 0 Å². The van der Waals surface area contributed by atoms with Crippen molar-refractivity contribution in [2.24, 2.45) is 5.92 Å². The van der Waals surface area contributed by atoms with Gasteiger partial charge in [-0.05, 0) is 12.1 Å². The molecule has 2 amide bonds. The molecule has 1 aromatic heterocycles. The molecule has 0 aromatic carbocycles. The van der Waals surface area contributed by atoms with Gasteiger partial charge in [0, 0.05) is 26.2 Å². The zero-order valence-corrected chi connectivity index (χ0v) is 10.3. The number of carbonyl (C=O) groups is 3. The molecular weight excluding hydrogens is 250 g/mol. The number of rotatable bonds is 3. The maximum Gasteiger partial charge on any atom is 0.337 e. The van der Waals surface area contributed by atoms with Crippen LogP contribution in [0.3, 0.4) is 0 Å². The average molecular weight is 263 g/mol. The van der Waals surface area contributed by atoms with E-state index in [2.05, 4.69) is 10.3 Å². The summed E-state index contributed by atoms with van der Waals surface area (Å²) < 4.78 is 0. The van der Waals surface area contributed by atoms with E-state index in [9.17, 15) is 14.4 Å². The topological polar surface area (TPSA) is 99.6 Å². The van der Waals surface area contributed by atoms with E-state index < -0.39 is 11.9 Å². The molecule has 1 aromatic rings. The summed E-state index contributed by atoms with van der Waals surface area (Å²) in [6.45, 7) is 0.387. The van der Waals surface area contributed by atoms with Crippen LogP contribution in [0.2, 0.25) is 0 Å². The van der Waals surface area contributed by atoms with Crippen LogP contribution in [0.1, 0.15) is 16.8 Å². The van der Waals surface area contributed by atoms with Crippen molar-refractivity contribution in [2.75, 3.05) is 18.9 Å². The van der Waals surface area contributed by atoms with Gasteiger partial charge in [0.25, 0.3) is 0 Å². The summed E-state index contributed by atoms with van der Waals surface area (Å²) >= 11 is 0. The summed E-state index contributed by atoms with van der Waals surface area (Å²) in [5, 5.41) is 11.3. The van der Waals surface area contributed by atoms with Crippen molar-refractivity contribution >= 4 is 23.6 Å². The Morgan fingerprint density at radius 2 is 2.21 bits per heavy atom. The van der Waals surface area contributed by atoms with Crippen LogP contribution in [0.25, 0.3) is 0 Å². The summed E-state index contributed by atoms with van der Waals surface area (Å²) in [6.07, 6.45) is 1.36. The zero-order chi connectivity index (χ0) is 14.0. The first-order valence-corrected chi connectivity index (χ1v) is 5.71. The number of amides is 2. The molecule has 2 heterocycles. The minimum absolute atomic E-state index is 0.0498. The zero-order valence-electron chi connectivity index (χ0n) is 10.3. The highest BCUT2D eigenvalue weighted by molar-refractivity contribution is 5.96. The number of nitrogens with zero attached hydrogens (tertiary/aromatic N) is 2. The van der Waals surface area contributed by atoms with Gasteiger partial charge in [-0.25, -0.2) is 9.78 Å². The van der Waals surface area contributed by atoms with Gasteiger partial charge >= 0.3 is 5.97 Å². The summed E-state index contributed by atoms with van der Waals surface area (Å²) in [4.78, 5) is 39.2. The van der Waals surface area contributed by atoms with Crippen LogP contribution in [-0.2, 0) is 9.59 Å². The quantitative estimate of drug-likeness (QED) is 0.811. The van der Waals surface area contributed by atoms with E-state index in [-0.39, 0.29) is 29.6 Å². The Balaban J connectivity index is 1.99. The first-order chi connectivity index (χ1) is 8.97. The van der Waals surface area contributed by atoms with Crippen molar-refractivity contribution in [3.63, 3.8) is 0 Å². The SMILES string of the molecule is CN1CC(C(=O)Nc2ccc(C(=O)O)cn2)CC1=O. The predicted molar refractivity (Wildman–Crippen MR) is 65.6 cm³/mol. The minimum Gasteiger partial charge on any atom is -0.478 e. The van der Waals surface area contributed by atoms with Crippen molar-refractivity contribution in [3.05, 3.63) is 23.9 Å². The van der Waals surface area contributed by atoms with Gasteiger partial charge in [0.1, 0.15) is 5.82 Å². The highest BCUT2D eigenvalue weighted by Crippen LogP contribution is 2.17. The Kier molecular flexibility index (Phi) is 3.46. The van der Waals surface area contributed by atoms with E-state index >= 15 is 0 Å². The Bertz CT molecular complexity index is 526. The van der Waals surface area contributed by atoms with Crippen molar-refractivity contribution in [2.45, 2.75) is 6.42 Å². The lowest BCUT2D eigenvalue weighted by Crippen LogP contribution is -2.26. The van der Waals surface area contributed by atoms with Crippen LogP contribution < -0.4 is 5.32 Å². The molecule has 0 bridgehead atoms. The third-order valence-corrected chi connectivity index (χ3v) is 2.97. The van der Waals surface area contributed by atoms with E-state index in [0.717, 1.165) is 0 Å². The molecule has 100 valence electrons. The predicted octanol–water partition coefficient (Wildman–Crippen LogP) is 0.197. The van der Waals surface area contributed by atoms with Crippen molar-refractivity contribution in [1.29, 1.82) is 0 Å². The van der Waals surface area contributed by atoms with E-state index in [1.165, 1.54) is 23.2 Å². The maximum absolute atomic E-state index is 11.9.